The predicted molar refractivity (Wildman–Crippen MR) is 154 cm³/mol. The minimum atomic E-state index is -0.583. The van der Waals surface area contributed by atoms with Gasteiger partial charge in [-0.1, -0.05) is 13.8 Å². The maximum atomic E-state index is 13.3. The lowest BCUT2D eigenvalue weighted by Gasteiger charge is -2.39. The number of phenolic OH excluding ortho intramolecular Hbond substituents is 1. The highest BCUT2D eigenvalue weighted by Gasteiger charge is 2.53. The number of carbonyl (C=O) groups is 2. The van der Waals surface area contributed by atoms with E-state index in [-0.39, 0.29) is 48.4 Å². The van der Waals surface area contributed by atoms with Gasteiger partial charge in [0.05, 0.1) is 32.8 Å². The third-order valence-electron chi connectivity index (χ3n) is 8.62. The molecule has 2 aromatic carbocycles. The number of fused-ring (bicyclic) bond motifs is 3. The minimum absolute atomic E-state index is 0.0929. The second-order valence-electron chi connectivity index (χ2n) is 10.8. The average Bonchev–Trinajstić information content (AvgIpc) is 3.62. The summed E-state index contributed by atoms with van der Waals surface area (Å²) in [6.45, 7) is 9.08. The lowest BCUT2D eigenvalue weighted by Crippen LogP contribution is -2.43. The van der Waals surface area contributed by atoms with E-state index < -0.39 is 17.9 Å². The molecule has 1 aliphatic carbocycles. The first-order valence-electron chi connectivity index (χ1n) is 14.7. The Balaban J connectivity index is 1.41. The van der Waals surface area contributed by atoms with E-state index in [1.807, 2.05) is 12.1 Å². The fourth-order valence-corrected chi connectivity index (χ4v) is 6.38. The first-order chi connectivity index (χ1) is 20.4. The van der Waals surface area contributed by atoms with Gasteiger partial charge in [-0.15, -0.1) is 0 Å². The second-order valence-corrected chi connectivity index (χ2v) is 10.8. The number of cyclic esters (lactones) is 1. The summed E-state index contributed by atoms with van der Waals surface area (Å²) in [6.07, 6.45) is 1.33. The molecule has 2 heterocycles. The smallest absolute Gasteiger partial charge is 0.310 e. The van der Waals surface area contributed by atoms with Crippen molar-refractivity contribution in [3.8, 4) is 28.7 Å². The van der Waals surface area contributed by atoms with E-state index in [0.717, 1.165) is 43.7 Å². The molecular weight excluding hydrogens is 542 g/mol. The van der Waals surface area contributed by atoms with Gasteiger partial charge in [-0.2, -0.15) is 0 Å². The summed E-state index contributed by atoms with van der Waals surface area (Å²) in [5.74, 6) is -0.303. The van der Waals surface area contributed by atoms with Crippen molar-refractivity contribution in [3.63, 3.8) is 0 Å². The van der Waals surface area contributed by atoms with E-state index in [9.17, 15) is 14.7 Å². The number of hydrogen-bond donors (Lipinski definition) is 3. The van der Waals surface area contributed by atoms with Crippen LogP contribution < -0.4 is 29.6 Å². The van der Waals surface area contributed by atoms with E-state index in [4.69, 9.17) is 23.7 Å². The Hall–Kier alpha value is -3.70. The maximum absolute atomic E-state index is 13.3. The Morgan fingerprint density at radius 3 is 2.31 bits per heavy atom. The van der Waals surface area contributed by atoms with E-state index in [2.05, 4.69) is 29.4 Å². The summed E-state index contributed by atoms with van der Waals surface area (Å²) >= 11 is 0. The van der Waals surface area contributed by atoms with Crippen LogP contribution in [0.25, 0.3) is 0 Å². The van der Waals surface area contributed by atoms with Crippen LogP contribution in [0.2, 0.25) is 0 Å². The van der Waals surface area contributed by atoms with Crippen molar-refractivity contribution < 1.29 is 38.4 Å². The van der Waals surface area contributed by atoms with E-state index in [1.165, 1.54) is 14.2 Å². The van der Waals surface area contributed by atoms with Crippen molar-refractivity contribution in [2.75, 3.05) is 60.3 Å². The molecule has 2 aromatic rings. The lowest BCUT2D eigenvalue weighted by molar-refractivity contribution is -0.141. The van der Waals surface area contributed by atoms with Crippen LogP contribution in [0.3, 0.4) is 0 Å². The Morgan fingerprint density at radius 1 is 1.00 bits per heavy atom. The molecule has 1 amide bonds. The number of carbonyl (C=O) groups excluding carboxylic acids is 2. The van der Waals surface area contributed by atoms with Crippen molar-refractivity contribution in [2.24, 2.45) is 11.8 Å². The maximum Gasteiger partial charge on any atom is 0.310 e. The molecule has 228 valence electrons. The quantitative estimate of drug-likeness (QED) is 0.239. The topological polar surface area (TPSA) is 128 Å². The fourth-order valence-electron chi connectivity index (χ4n) is 6.38. The van der Waals surface area contributed by atoms with Gasteiger partial charge in [-0.3, -0.25) is 9.59 Å². The molecule has 0 saturated carbocycles. The third kappa shape index (κ3) is 5.80. The molecule has 11 heteroatoms. The van der Waals surface area contributed by atoms with E-state index in [0.29, 0.717) is 30.0 Å². The number of ether oxygens (including phenoxy) is 5. The summed E-state index contributed by atoms with van der Waals surface area (Å²) < 4.78 is 27.9. The van der Waals surface area contributed by atoms with Gasteiger partial charge in [0.2, 0.25) is 18.4 Å². The van der Waals surface area contributed by atoms with Gasteiger partial charge >= 0.3 is 5.97 Å². The van der Waals surface area contributed by atoms with Crippen LogP contribution >= 0.6 is 0 Å². The normalized spacial score (nSPS) is 22.0. The average molecular weight is 584 g/mol. The molecule has 2 aliphatic heterocycles. The van der Waals surface area contributed by atoms with Gasteiger partial charge in [0, 0.05) is 24.8 Å². The highest BCUT2D eigenvalue weighted by Crippen LogP contribution is 2.55. The zero-order chi connectivity index (χ0) is 29.8. The predicted octanol–water partition coefficient (Wildman–Crippen LogP) is 2.94. The first kappa shape index (κ1) is 29.8. The monoisotopic (exact) mass is 583 g/mol. The van der Waals surface area contributed by atoms with Crippen molar-refractivity contribution in [1.82, 2.24) is 15.5 Å². The Morgan fingerprint density at radius 2 is 1.67 bits per heavy atom. The number of hydrogen-bond acceptors (Lipinski definition) is 10. The Kier molecular flexibility index (Phi) is 9.27. The summed E-state index contributed by atoms with van der Waals surface area (Å²) in [6, 6.07) is 6.74. The summed E-state index contributed by atoms with van der Waals surface area (Å²) in [4.78, 5) is 28.9. The van der Waals surface area contributed by atoms with Crippen LogP contribution in [0.1, 0.15) is 55.3 Å². The summed E-state index contributed by atoms with van der Waals surface area (Å²) in [5.41, 5.74) is 2.37. The van der Waals surface area contributed by atoms with Crippen LogP contribution in [0, 0.1) is 11.8 Å². The second kappa shape index (κ2) is 13.1. The first-order valence-corrected chi connectivity index (χ1v) is 14.7. The van der Waals surface area contributed by atoms with Crippen LogP contribution in [-0.4, -0.2) is 82.2 Å². The van der Waals surface area contributed by atoms with Gasteiger partial charge in [0.1, 0.15) is 0 Å². The number of methoxy groups -OCH3 is 2. The van der Waals surface area contributed by atoms with Gasteiger partial charge in [-0.25, -0.2) is 0 Å². The third-order valence-corrected chi connectivity index (χ3v) is 8.62. The van der Waals surface area contributed by atoms with Crippen molar-refractivity contribution in [2.45, 2.75) is 38.6 Å². The lowest BCUT2D eigenvalue weighted by atomic mass is 9.65. The molecule has 1 saturated heterocycles. The molecule has 3 aliphatic rings. The SMILES string of the molecule is CCN(CC)CCCNCCC(=O)N[C@@H]1c2cc3c(cc2C(c2cc(OC)c(O)c(OC)c2)[C@H]2C(=O)OC[C@H]12)OCO3. The largest absolute Gasteiger partial charge is 0.502 e. The molecule has 1 fully saturated rings. The molecule has 42 heavy (non-hydrogen) atoms. The molecule has 5 rings (SSSR count). The number of esters is 1. The number of nitrogens with one attached hydrogen (secondary N) is 2. The molecular formula is C31H41N3O8. The van der Waals surface area contributed by atoms with Crippen LogP contribution in [0.4, 0.5) is 0 Å². The van der Waals surface area contributed by atoms with Crippen LogP contribution in [0.15, 0.2) is 24.3 Å². The molecule has 0 radical (unpaired) electrons. The van der Waals surface area contributed by atoms with Gasteiger partial charge in [0.15, 0.2) is 23.0 Å². The molecule has 0 spiro atoms. The van der Waals surface area contributed by atoms with Crippen molar-refractivity contribution in [1.29, 1.82) is 0 Å². The number of phenols is 1. The van der Waals surface area contributed by atoms with E-state index in [1.54, 1.807) is 12.1 Å². The zero-order valence-corrected chi connectivity index (χ0v) is 24.7. The van der Waals surface area contributed by atoms with Gasteiger partial charge in [-0.05, 0) is 73.6 Å². The Labute approximate surface area is 246 Å². The molecule has 0 aromatic heterocycles. The number of aromatic hydroxyl groups is 1. The van der Waals surface area contributed by atoms with E-state index >= 15 is 0 Å². The Bertz CT molecular complexity index is 1270. The van der Waals surface area contributed by atoms with Crippen molar-refractivity contribution in [3.05, 3.63) is 41.0 Å². The molecule has 3 N–H and O–H groups in total. The van der Waals surface area contributed by atoms with Crippen molar-refractivity contribution >= 4 is 11.9 Å². The number of rotatable bonds is 13. The molecule has 4 atom stereocenters. The minimum Gasteiger partial charge on any atom is -0.502 e. The van der Waals surface area contributed by atoms with Crippen LogP contribution in [0.5, 0.6) is 28.7 Å². The summed E-state index contributed by atoms with van der Waals surface area (Å²) in [7, 11) is 2.92. The molecule has 11 nitrogen and oxygen atoms in total. The highest BCUT2D eigenvalue weighted by molar-refractivity contribution is 5.81. The van der Waals surface area contributed by atoms with Crippen LogP contribution in [-0.2, 0) is 14.3 Å². The number of amides is 1. The number of benzene rings is 2. The fraction of sp³-hybridized carbons (Fsp3) is 0.548. The highest BCUT2D eigenvalue weighted by atomic mass is 16.7. The zero-order valence-electron chi connectivity index (χ0n) is 24.7. The molecule has 1 unspecified atom stereocenters. The summed E-state index contributed by atoms with van der Waals surface area (Å²) in [5, 5.41) is 17.1. The standard InChI is InChI=1S/C31H41N3O8/c1-5-34(6-2)11-7-9-32-10-8-26(35)33-29-20-15-23-22(41-17-42-23)14-19(20)27(28-21(29)16-40-31(28)37)18-12-24(38-3)30(36)25(13-18)39-4/h12-15,21,27-29,32,36H,5-11,16-17H2,1-4H3,(H,33,35)/t21-,27?,28-,29+/m0/s1. The molecule has 0 bridgehead atoms. The van der Waals surface area contributed by atoms with Gasteiger partial charge < -0.3 is 44.3 Å². The number of nitrogens with zero attached hydrogens (tertiary/aromatic N) is 1. The van der Waals surface area contributed by atoms with Gasteiger partial charge in [0.25, 0.3) is 0 Å².